The van der Waals surface area contributed by atoms with E-state index in [2.05, 4.69) is 76.3 Å². The number of aryl methyl sites for hydroxylation is 1. The van der Waals surface area contributed by atoms with Gasteiger partial charge in [0.05, 0.1) is 0 Å². The average Bonchev–Trinajstić information content (AvgIpc) is 2.55. The zero-order valence-electron chi connectivity index (χ0n) is 11.8. The summed E-state index contributed by atoms with van der Waals surface area (Å²) in [4.78, 5) is 0. The summed E-state index contributed by atoms with van der Waals surface area (Å²) in [5, 5.41) is 0. The van der Waals surface area contributed by atoms with Gasteiger partial charge in [0.2, 0.25) is 0 Å². The summed E-state index contributed by atoms with van der Waals surface area (Å²) in [5.74, 6) is 0. The minimum atomic E-state index is 0.229. The monoisotopic (exact) mass is 238 g/mol. The normalized spacial score (nSPS) is 16.0. The highest BCUT2D eigenvalue weighted by Gasteiger charge is 2.15. The van der Waals surface area contributed by atoms with E-state index in [1.807, 2.05) is 0 Å². The van der Waals surface area contributed by atoms with Crippen molar-refractivity contribution in [3.05, 3.63) is 65.3 Å². The molecule has 0 nitrogen and oxygen atoms in total. The Bertz CT molecular complexity index is 502. The Kier molecular flexibility index (Phi) is 3.56. The van der Waals surface area contributed by atoms with Crippen LogP contribution in [0, 0.1) is 12.3 Å². The van der Waals surface area contributed by atoms with E-state index in [1.165, 1.54) is 22.3 Å². The van der Waals surface area contributed by atoms with Crippen LogP contribution in [-0.4, -0.2) is 0 Å². The molecule has 0 heterocycles. The first kappa shape index (κ1) is 12.9. The van der Waals surface area contributed by atoms with Crippen LogP contribution < -0.4 is 0 Å². The van der Waals surface area contributed by atoms with Gasteiger partial charge in [-0.15, -0.1) is 0 Å². The van der Waals surface area contributed by atoms with E-state index in [-0.39, 0.29) is 5.41 Å². The Morgan fingerprint density at radius 3 is 2.17 bits per heavy atom. The van der Waals surface area contributed by atoms with Crippen molar-refractivity contribution in [2.24, 2.45) is 5.41 Å². The zero-order chi connectivity index (χ0) is 13.2. The largest absolute Gasteiger partial charge is 0.0770 e. The summed E-state index contributed by atoms with van der Waals surface area (Å²) in [6.45, 7) is 8.92. The summed E-state index contributed by atoms with van der Waals surface area (Å²) >= 11 is 0. The number of benzene rings is 1. The van der Waals surface area contributed by atoms with Crippen molar-refractivity contribution in [3.63, 3.8) is 0 Å². The highest BCUT2D eigenvalue weighted by Crippen LogP contribution is 2.30. The van der Waals surface area contributed by atoms with Crippen LogP contribution in [0.15, 0.2) is 54.1 Å². The van der Waals surface area contributed by atoms with Crippen LogP contribution >= 0.6 is 0 Å². The molecule has 0 radical (unpaired) electrons. The van der Waals surface area contributed by atoms with Crippen LogP contribution in [-0.2, 0) is 0 Å². The second-order valence-corrected chi connectivity index (χ2v) is 6.00. The molecule has 0 aromatic heterocycles. The van der Waals surface area contributed by atoms with Crippen LogP contribution in [0.3, 0.4) is 0 Å². The lowest BCUT2D eigenvalue weighted by Crippen LogP contribution is -2.06. The molecule has 1 aromatic rings. The molecule has 94 valence electrons. The summed E-state index contributed by atoms with van der Waals surface area (Å²) in [7, 11) is 0. The fourth-order valence-electron chi connectivity index (χ4n) is 2.14. The second-order valence-electron chi connectivity index (χ2n) is 6.00. The predicted molar refractivity (Wildman–Crippen MR) is 80.5 cm³/mol. The summed E-state index contributed by atoms with van der Waals surface area (Å²) in [5.41, 5.74) is 5.59. The zero-order valence-corrected chi connectivity index (χ0v) is 11.8. The van der Waals surface area contributed by atoms with E-state index >= 15 is 0 Å². The van der Waals surface area contributed by atoms with Gasteiger partial charge < -0.3 is 0 Å². The Morgan fingerprint density at radius 2 is 1.56 bits per heavy atom. The first-order valence-corrected chi connectivity index (χ1v) is 6.63. The molecule has 1 aliphatic rings. The van der Waals surface area contributed by atoms with Crippen LogP contribution in [0.4, 0.5) is 0 Å². The van der Waals surface area contributed by atoms with E-state index < -0.39 is 0 Å². The van der Waals surface area contributed by atoms with Crippen LogP contribution in [0.25, 0.3) is 5.57 Å². The molecule has 0 fully saturated rings. The van der Waals surface area contributed by atoms with Crippen molar-refractivity contribution in [2.75, 3.05) is 0 Å². The number of hydrogen-bond donors (Lipinski definition) is 0. The molecular formula is C18H22. The maximum absolute atomic E-state index is 2.33. The third-order valence-corrected chi connectivity index (χ3v) is 3.37. The number of hydrogen-bond acceptors (Lipinski definition) is 0. The molecule has 0 atom stereocenters. The smallest absolute Gasteiger partial charge is 0.0135 e. The molecular weight excluding hydrogens is 216 g/mol. The fourth-order valence-corrected chi connectivity index (χ4v) is 2.14. The molecule has 0 unspecified atom stereocenters. The summed E-state index contributed by atoms with van der Waals surface area (Å²) < 4.78 is 0. The van der Waals surface area contributed by atoms with Crippen molar-refractivity contribution < 1.29 is 0 Å². The minimum absolute atomic E-state index is 0.229. The average molecular weight is 238 g/mol. The second kappa shape index (κ2) is 4.97. The molecule has 1 aliphatic carbocycles. The van der Waals surface area contributed by atoms with Crippen molar-refractivity contribution >= 4 is 5.57 Å². The molecule has 0 bridgehead atoms. The van der Waals surface area contributed by atoms with Crippen molar-refractivity contribution in [1.29, 1.82) is 0 Å². The SMILES string of the molecule is Cc1ccc(C2=CCC=C(C(C)(C)C)C=C2)cc1. The number of rotatable bonds is 1. The molecule has 2 rings (SSSR count). The Morgan fingerprint density at radius 1 is 0.889 bits per heavy atom. The van der Waals surface area contributed by atoms with Gasteiger partial charge >= 0.3 is 0 Å². The fraction of sp³-hybridized carbons (Fsp3) is 0.333. The summed E-state index contributed by atoms with van der Waals surface area (Å²) in [6.07, 6.45) is 10.2. The predicted octanol–water partition coefficient (Wildman–Crippen LogP) is 5.31. The van der Waals surface area contributed by atoms with Crippen molar-refractivity contribution in [3.8, 4) is 0 Å². The van der Waals surface area contributed by atoms with Gasteiger partial charge in [0.1, 0.15) is 0 Å². The lowest BCUT2D eigenvalue weighted by atomic mass is 9.86. The highest BCUT2D eigenvalue weighted by atomic mass is 14.2. The first-order chi connectivity index (χ1) is 8.47. The quantitative estimate of drug-likeness (QED) is 0.622. The third kappa shape index (κ3) is 3.01. The lowest BCUT2D eigenvalue weighted by Gasteiger charge is -2.19. The van der Waals surface area contributed by atoms with Gasteiger partial charge in [0.25, 0.3) is 0 Å². The molecule has 0 spiro atoms. The molecule has 1 aromatic carbocycles. The van der Waals surface area contributed by atoms with Crippen molar-refractivity contribution in [1.82, 2.24) is 0 Å². The van der Waals surface area contributed by atoms with Gasteiger partial charge in [0.15, 0.2) is 0 Å². The maximum atomic E-state index is 2.33. The topological polar surface area (TPSA) is 0 Å². The Balaban J connectivity index is 2.24. The van der Waals surface area contributed by atoms with Gasteiger partial charge in [0, 0.05) is 0 Å². The summed E-state index contributed by atoms with van der Waals surface area (Å²) in [6, 6.07) is 8.75. The Labute approximate surface area is 111 Å². The van der Waals surface area contributed by atoms with Crippen LogP contribution in [0.1, 0.15) is 38.3 Å². The molecule has 0 saturated heterocycles. The maximum Gasteiger partial charge on any atom is -0.0135 e. The van der Waals surface area contributed by atoms with Gasteiger partial charge in [-0.3, -0.25) is 0 Å². The molecule has 0 N–H and O–H groups in total. The van der Waals surface area contributed by atoms with E-state index in [0.29, 0.717) is 0 Å². The molecule has 0 amide bonds. The van der Waals surface area contributed by atoms with Gasteiger partial charge in [-0.05, 0) is 35.5 Å². The van der Waals surface area contributed by atoms with E-state index in [1.54, 1.807) is 0 Å². The van der Waals surface area contributed by atoms with Crippen molar-refractivity contribution in [2.45, 2.75) is 34.1 Å². The standard InChI is InChI=1S/C18H22/c1-14-8-10-16(11-9-14)15-6-5-7-17(13-12-15)18(2,3)4/h6-13H,5H2,1-4H3. The molecule has 0 heteroatoms. The molecule has 18 heavy (non-hydrogen) atoms. The lowest BCUT2D eigenvalue weighted by molar-refractivity contribution is 0.515. The molecule has 0 saturated carbocycles. The minimum Gasteiger partial charge on any atom is -0.0770 e. The highest BCUT2D eigenvalue weighted by molar-refractivity contribution is 5.75. The van der Waals surface area contributed by atoms with E-state index in [4.69, 9.17) is 0 Å². The van der Waals surface area contributed by atoms with E-state index in [0.717, 1.165) is 6.42 Å². The van der Waals surface area contributed by atoms with Gasteiger partial charge in [-0.2, -0.15) is 0 Å². The number of allylic oxidation sites excluding steroid dienone is 6. The first-order valence-electron chi connectivity index (χ1n) is 6.63. The van der Waals surface area contributed by atoms with Crippen LogP contribution in [0.2, 0.25) is 0 Å². The van der Waals surface area contributed by atoms with E-state index in [9.17, 15) is 0 Å². The molecule has 0 aliphatic heterocycles. The van der Waals surface area contributed by atoms with Gasteiger partial charge in [-0.1, -0.05) is 74.9 Å². The third-order valence-electron chi connectivity index (χ3n) is 3.37. The van der Waals surface area contributed by atoms with Gasteiger partial charge in [-0.25, -0.2) is 0 Å². The Hall–Kier alpha value is -1.56. The van der Waals surface area contributed by atoms with Crippen LogP contribution in [0.5, 0.6) is 0 Å².